The van der Waals surface area contributed by atoms with Gasteiger partial charge in [0.2, 0.25) is 5.88 Å². The maximum atomic E-state index is 5.16. The molecule has 2 atom stereocenters. The van der Waals surface area contributed by atoms with Crippen LogP contribution in [-0.4, -0.2) is 54.1 Å². The fourth-order valence-electron chi connectivity index (χ4n) is 3.00. The van der Waals surface area contributed by atoms with Gasteiger partial charge in [-0.2, -0.15) is 0 Å². The molecule has 3 heterocycles. The minimum Gasteiger partial charge on any atom is -0.481 e. The van der Waals surface area contributed by atoms with Crippen molar-refractivity contribution >= 4 is 0 Å². The molecule has 4 nitrogen and oxygen atoms in total. The quantitative estimate of drug-likeness (QED) is 0.778. The summed E-state index contributed by atoms with van der Waals surface area (Å²) < 4.78 is 5.16. The van der Waals surface area contributed by atoms with E-state index < -0.39 is 0 Å². The number of piperidine rings is 1. The fourth-order valence-corrected chi connectivity index (χ4v) is 3.00. The van der Waals surface area contributed by atoms with Crippen molar-refractivity contribution in [1.82, 2.24) is 14.8 Å². The van der Waals surface area contributed by atoms with Crippen LogP contribution in [0.3, 0.4) is 0 Å². The topological polar surface area (TPSA) is 28.6 Å². The third-order valence-corrected chi connectivity index (χ3v) is 3.86. The van der Waals surface area contributed by atoms with Crippen molar-refractivity contribution in [2.75, 3.05) is 27.2 Å². The van der Waals surface area contributed by atoms with E-state index in [2.05, 4.69) is 27.9 Å². The van der Waals surface area contributed by atoms with Crippen LogP contribution in [0.2, 0.25) is 0 Å². The second kappa shape index (κ2) is 4.27. The van der Waals surface area contributed by atoms with Crippen molar-refractivity contribution in [1.29, 1.82) is 0 Å². The summed E-state index contributed by atoms with van der Waals surface area (Å²) in [6.07, 6.45) is 1.36. The zero-order chi connectivity index (χ0) is 11.8. The van der Waals surface area contributed by atoms with Gasteiger partial charge in [0, 0.05) is 37.8 Å². The summed E-state index contributed by atoms with van der Waals surface area (Å²) in [6, 6.07) is 7.45. The van der Waals surface area contributed by atoms with E-state index in [4.69, 9.17) is 4.74 Å². The van der Waals surface area contributed by atoms with Crippen molar-refractivity contribution in [3.8, 4) is 5.88 Å². The van der Waals surface area contributed by atoms with Crippen molar-refractivity contribution in [2.24, 2.45) is 0 Å². The zero-order valence-electron chi connectivity index (χ0n) is 10.5. The molecule has 0 spiro atoms. The first-order chi connectivity index (χ1) is 8.26. The molecule has 1 aromatic rings. The van der Waals surface area contributed by atoms with Crippen molar-refractivity contribution < 1.29 is 4.74 Å². The summed E-state index contributed by atoms with van der Waals surface area (Å²) in [4.78, 5) is 9.48. The Balaban J connectivity index is 1.67. The molecule has 0 N–H and O–H groups in total. The monoisotopic (exact) mass is 233 g/mol. The van der Waals surface area contributed by atoms with Crippen LogP contribution < -0.4 is 4.74 Å². The number of hydrogen-bond acceptors (Lipinski definition) is 4. The van der Waals surface area contributed by atoms with E-state index in [9.17, 15) is 0 Å². The molecule has 0 aliphatic carbocycles. The van der Waals surface area contributed by atoms with Gasteiger partial charge in [-0.15, -0.1) is 0 Å². The van der Waals surface area contributed by atoms with Gasteiger partial charge in [0.25, 0.3) is 0 Å². The number of rotatable bonds is 3. The largest absolute Gasteiger partial charge is 0.481 e. The lowest BCUT2D eigenvalue weighted by Crippen LogP contribution is -2.67. The highest BCUT2D eigenvalue weighted by Crippen LogP contribution is 2.32. The van der Waals surface area contributed by atoms with Crippen LogP contribution in [0.15, 0.2) is 18.2 Å². The fraction of sp³-hybridized carbons (Fsp3) is 0.615. The molecule has 0 aromatic carbocycles. The van der Waals surface area contributed by atoms with Crippen molar-refractivity contribution in [2.45, 2.75) is 25.0 Å². The van der Waals surface area contributed by atoms with Gasteiger partial charge in [-0.3, -0.25) is 4.90 Å². The maximum absolute atomic E-state index is 5.16. The molecular weight excluding hydrogens is 214 g/mol. The summed E-state index contributed by atoms with van der Waals surface area (Å²) in [5.41, 5.74) is 1.11. The van der Waals surface area contributed by atoms with Gasteiger partial charge < -0.3 is 9.64 Å². The highest BCUT2D eigenvalue weighted by molar-refractivity contribution is 5.16. The van der Waals surface area contributed by atoms with Gasteiger partial charge in [-0.25, -0.2) is 4.98 Å². The van der Waals surface area contributed by atoms with E-state index in [1.54, 1.807) is 7.11 Å². The first-order valence-electron chi connectivity index (χ1n) is 6.20. The van der Waals surface area contributed by atoms with Crippen LogP contribution >= 0.6 is 0 Å². The average Bonchev–Trinajstić information content (AvgIpc) is 2.36. The molecule has 0 amide bonds. The molecule has 3 rings (SSSR count). The Labute approximate surface area is 102 Å². The summed E-state index contributed by atoms with van der Waals surface area (Å²) in [5, 5.41) is 0. The summed E-state index contributed by atoms with van der Waals surface area (Å²) in [6.45, 7) is 3.35. The summed E-state index contributed by atoms with van der Waals surface area (Å²) >= 11 is 0. The summed E-state index contributed by atoms with van der Waals surface area (Å²) in [7, 11) is 3.87. The number of pyridine rings is 1. The molecule has 2 saturated heterocycles. The normalized spacial score (nSPS) is 28.8. The minimum absolute atomic E-state index is 0.713. The van der Waals surface area contributed by atoms with Crippen molar-refractivity contribution in [3.63, 3.8) is 0 Å². The Hall–Kier alpha value is -1.13. The maximum Gasteiger partial charge on any atom is 0.213 e. The molecule has 0 saturated carbocycles. The van der Waals surface area contributed by atoms with Gasteiger partial charge in [0.1, 0.15) is 0 Å². The Morgan fingerprint density at radius 2 is 2.12 bits per heavy atom. The Morgan fingerprint density at radius 1 is 1.35 bits per heavy atom. The van der Waals surface area contributed by atoms with E-state index in [0.717, 1.165) is 24.3 Å². The Bertz CT molecular complexity index is 397. The number of piperazine rings is 1. The molecule has 2 fully saturated rings. The van der Waals surface area contributed by atoms with Crippen LogP contribution in [0.4, 0.5) is 0 Å². The second-order valence-corrected chi connectivity index (χ2v) is 5.11. The predicted molar refractivity (Wildman–Crippen MR) is 66.0 cm³/mol. The van der Waals surface area contributed by atoms with Gasteiger partial charge >= 0.3 is 0 Å². The van der Waals surface area contributed by atoms with E-state index in [1.807, 2.05) is 12.1 Å². The molecule has 4 heteroatoms. The SMILES string of the molecule is COc1cccc(CN2C3CC2CN(C)C3)n1. The molecule has 2 bridgehead atoms. The molecule has 0 radical (unpaired) electrons. The standard InChI is InChI=1S/C13H19N3O/c1-15-8-11-6-12(9-15)16(11)7-10-4-3-5-13(14-10)17-2/h3-5,11-12H,6-9H2,1-2H3. The highest BCUT2D eigenvalue weighted by Gasteiger charge is 2.43. The first-order valence-corrected chi connectivity index (χ1v) is 6.20. The number of nitrogens with zero attached hydrogens (tertiary/aromatic N) is 3. The number of ether oxygens (including phenoxy) is 1. The third kappa shape index (κ3) is 2.03. The van der Waals surface area contributed by atoms with Crippen molar-refractivity contribution in [3.05, 3.63) is 23.9 Å². The lowest BCUT2D eigenvalue weighted by atomic mass is 9.87. The van der Waals surface area contributed by atoms with E-state index in [1.165, 1.54) is 19.5 Å². The molecular formula is C13H19N3O. The summed E-state index contributed by atoms with van der Waals surface area (Å²) in [5.74, 6) is 0.713. The number of fused-ring (bicyclic) bond motifs is 2. The van der Waals surface area contributed by atoms with Crippen LogP contribution in [0.1, 0.15) is 12.1 Å². The minimum atomic E-state index is 0.713. The molecule has 2 aliphatic heterocycles. The zero-order valence-corrected chi connectivity index (χ0v) is 10.5. The van der Waals surface area contributed by atoms with Gasteiger partial charge in [-0.1, -0.05) is 6.07 Å². The predicted octanol–water partition coefficient (Wildman–Crippen LogP) is 0.978. The van der Waals surface area contributed by atoms with Crippen LogP contribution in [-0.2, 0) is 6.54 Å². The third-order valence-electron chi connectivity index (χ3n) is 3.86. The lowest BCUT2D eigenvalue weighted by molar-refractivity contribution is -0.0675. The highest BCUT2D eigenvalue weighted by atomic mass is 16.5. The first kappa shape index (κ1) is 11.0. The van der Waals surface area contributed by atoms with Crippen LogP contribution in [0, 0.1) is 0 Å². The second-order valence-electron chi connectivity index (χ2n) is 5.11. The Morgan fingerprint density at radius 3 is 2.82 bits per heavy atom. The van der Waals surface area contributed by atoms with E-state index in [-0.39, 0.29) is 0 Å². The smallest absolute Gasteiger partial charge is 0.213 e. The molecule has 1 aromatic heterocycles. The van der Waals surface area contributed by atoms with Crippen LogP contribution in [0.25, 0.3) is 0 Å². The van der Waals surface area contributed by atoms with Gasteiger partial charge in [-0.05, 0) is 19.5 Å². The average molecular weight is 233 g/mol. The van der Waals surface area contributed by atoms with E-state index >= 15 is 0 Å². The Kier molecular flexibility index (Phi) is 2.76. The number of hydrogen-bond donors (Lipinski definition) is 0. The molecule has 2 unspecified atom stereocenters. The number of likely N-dealkylation sites (tertiary alicyclic amines) is 2. The molecule has 92 valence electrons. The molecule has 2 aliphatic rings. The number of aromatic nitrogens is 1. The van der Waals surface area contributed by atoms with E-state index in [0.29, 0.717) is 5.88 Å². The lowest BCUT2D eigenvalue weighted by Gasteiger charge is -2.55. The number of likely N-dealkylation sites (N-methyl/N-ethyl adjacent to an activating group) is 1. The number of methoxy groups -OCH3 is 1. The molecule has 17 heavy (non-hydrogen) atoms. The van der Waals surface area contributed by atoms with Gasteiger partial charge in [0.15, 0.2) is 0 Å². The van der Waals surface area contributed by atoms with Gasteiger partial charge in [0.05, 0.1) is 12.8 Å². The van der Waals surface area contributed by atoms with Crippen LogP contribution in [0.5, 0.6) is 5.88 Å².